The molecule has 0 aliphatic rings. The SMILES string of the molecule is COc1ccc(-c2nc3cnc4ccccc4n3c2O)c(F)c1. The molecular formula is C17H12FN3O2. The van der Waals surface area contributed by atoms with Crippen molar-refractivity contribution >= 4 is 16.7 Å². The fourth-order valence-corrected chi connectivity index (χ4v) is 2.64. The highest BCUT2D eigenvalue weighted by atomic mass is 19.1. The highest BCUT2D eigenvalue weighted by molar-refractivity contribution is 5.81. The van der Waals surface area contributed by atoms with E-state index in [1.165, 1.54) is 19.2 Å². The summed E-state index contributed by atoms with van der Waals surface area (Å²) in [6.07, 6.45) is 1.55. The highest BCUT2D eigenvalue weighted by Gasteiger charge is 2.18. The fraction of sp³-hybridized carbons (Fsp3) is 0.0588. The van der Waals surface area contributed by atoms with E-state index < -0.39 is 5.82 Å². The van der Waals surface area contributed by atoms with Gasteiger partial charge in [-0.3, -0.25) is 9.38 Å². The van der Waals surface area contributed by atoms with Crippen molar-refractivity contribution in [2.45, 2.75) is 0 Å². The Balaban J connectivity index is 2.02. The van der Waals surface area contributed by atoms with E-state index >= 15 is 0 Å². The Kier molecular flexibility index (Phi) is 2.90. The molecule has 0 unspecified atom stereocenters. The molecule has 2 aromatic heterocycles. The van der Waals surface area contributed by atoms with Crippen molar-refractivity contribution in [2.24, 2.45) is 0 Å². The fourth-order valence-electron chi connectivity index (χ4n) is 2.64. The Morgan fingerprint density at radius 2 is 2.00 bits per heavy atom. The van der Waals surface area contributed by atoms with Crippen LogP contribution in [0.5, 0.6) is 11.6 Å². The lowest BCUT2D eigenvalue weighted by Crippen LogP contribution is -1.90. The van der Waals surface area contributed by atoms with Gasteiger partial charge in [0.05, 0.1) is 24.3 Å². The molecule has 5 nitrogen and oxygen atoms in total. The standard InChI is InChI=1S/C17H12FN3O2/c1-23-10-6-7-11(12(18)8-10)16-17(22)21-14-5-3-2-4-13(14)19-9-15(21)20-16/h2-9,22H,1H3. The van der Waals surface area contributed by atoms with Crippen molar-refractivity contribution in [2.75, 3.05) is 7.11 Å². The van der Waals surface area contributed by atoms with Gasteiger partial charge in [0.15, 0.2) is 5.65 Å². The molecule has 4 rings (SSSR count). The van der Waals surface area contributed by atoms with Gasteiger partial charge in [-0.25, -0.2) is 9.37 Å². The molecule has 2 heterocycles. The second-order valence-corrected chi connectivity index (χ2v) is 5.07. The number of aromatic hydroxyl groups is 1. The average Bonchev–Trinajstić information content (AvgIpc) is 2.92. The largest absolute Gasteiger partial charge is 0.497 e. The number of fused-ring (bicyclic) bond motifs is 3. The van der Waals surface area contributed by atoms with Crippen LogP contribution in [-0.2, 0) is 0 Å². The van der Waals surface area contributed by atoms with E-state index in [4.69, 9.17) is 4.74 Å². The molecule has 0 atom stereocenters. The zero-order valence-electron chi connectivity index (χ0n) is 12.2. The Hall–Kier alpha value is -3.15. The Labute approximate surface area is 130 Å². The van der Waals surface area contributed by atoms with E-state index in [0.717, 1.165) is 5.52 Å². The van der Waals surface area contributed by atoms with Crippen LogP contribution in [0.3, 0.4) is 0 Å². The van der Waals surface area contributed by atoms with Crippen LogP contribution in [0.1, 0.15) is 0 Å². The molecule has 0 aliphatic carbocycles. The summed E-state index contributed by atoms with van der Waals surface area (Å²) in [5.74, 6) is -0.232. The third kappa shape index (κ3) is 1.99. The highest BCUT2D eigenvalue weighted by Crippen LogP contribution is 2.34. The Morgan fingerprint density at radius 1 is 1.17 bits per heavy atom. The molecule has 0 saturated heterocycles. The number of hydrogen-bond acceptors (Lipinski definition) is 4. The monoisotopic (exact) mass is 309 g/mol. The van der Waals surface area contributed by atoms with Crippen LogP contribution in [0.25, 0.3) is 27.9 Å². The third-order valence-electron chi connectivity index (χ3n) is 3.75. The van der Waals surface area contributed by atoms with E-state index in [0.29, 0.717) is 16.9 Å². The van der Waals surface area contributed by atoms with Crippen molar-refractivity contribution in [3.63, 3.8) is 0 Å². The van der Waals surface area contributed by atoms with Gasteiger partial charge in [-0.2, -0.15) is 0 Å². The van der Waals surface area contributed by atoms with Crippen LogP contribution in [0.2, 0.25) is 0 Å². The maximum Gasteiger partial charge on any atom is 0.224 e. The first kappa shape index (κ1) is 13.5. The van der Waals surface area contributed by atoms with E-state index in [-0.39, 0.29) is 17.1 Å². The Bertz CT molecular complexity index is 1040. The third-order valence-corrected chi connectivity index (χ3v) is 3.75. The first-order valence-electron chi connectivity index (χ1n) is 6.98. The van der Waals surface area contributed by atoms with Crippen LogP contribution in [0.15, 0.2) is 48.7 Å². The van der Waals surface area contributed by atoms with Gasteiger partial charge in [0.2, 0.25) is 5.88 Å². The summed E-state index contributed by atoms with van der Waals surface area (Å²) in [6.45, 7) is 0. The molecule has 2 aromatic carbocycles. The van der Waals surface area contributed by atoms with Crippen molar-refractivity contribution in [1.29, 1.82) is 0 Å². The van der Waals surface area contributed by atoms with E-state index in [1.54, 1.807) is 16.7 Å². The number of halogens is 1. The molecule has 1 N–H and O–H groups in total. The summed E-state index contributed by atoms with van der Waals surface area (Å²) in [7, 11) is 1.47. The summed E-state index contributed by atoms with van der Waals surface area (Å²) < 4.78 is 20.8. The van der Waals surface area contributed by atoms with Crippen molar-refractivity contribution in [1.82, 2.24) is 14.4 Å². The first-order chi connectivity index (χ1) is 11.2. The number of imidazole rings is 1. The minimum Gasteiger partial charge on any atom is -0.497 e. The van der Waals surface area contributed by atoms with Gasteiger partial charge in [-0.1, -0.05) is 12.1 Å². The number of rotatable bonds is 2. The molecule has 6 heteroatoms. The average molecular weight is 309 g/mol. The van der Waals surface area contributed by atoms with Gasteiger partial charge in [0.1, 0.15) is 17.3 Å². The number of hydrogen-bond donors (Lipinski definition) is 1. The van der Waals surface area contributed by atoms with Gasteiger partial charge in [0.25, 0.3) is 0 Å². The number of methoxy groups -OCH3 is 1. The maximum atomic E-state index is 14.3. The first-order valence-corrected chi connectivity index (χ1v) is 6.98. The molecule has 4 aromatic rings. The molecule has 0 aliphatic heterocycles. The second-order valence-electron chi connectivity index (χ2n) is 5.07. The lowest BCUT2D eigenvalue weighted by Gasteiger charge is -2.04. The summed E-state index contributed by atoms with van der Waals surface area (Å²) in [6, 6.07) is 11.8. The summed E-state index contributed by atoms with van der Waals surface area (Å²) >= 11 is 0. The number of ether oxygens (including phenoxy) is 1. The van der Waals surface area contributed by atoms with Crippen LogP contribution in [-0.4, -0.2) is 26.6 Å². The molecule has 0 bridgehead atoms. The van der Waals surface area contributed by atoms with Gasteiger partial charge in [-0.05, 0) is 24.3 Å². The van der Waals surface area contributed by atoms with E-state index in [9.17, 15) is 9.50 Å². The quantitative estimate of drug-likeness (QED) is 0.616. The topological polar surface area (TPSA) is 59.7 Å². The molecule has 0 amide bonds. The lowest BCUT2D eigenvalue weighted by atomic mass is 10.1. The van der Waals surface area contributed by atoms with Gasteiger partial charge in [0, 0.05) is 11.6 Å². The molecule has 114 valence electrons. The predicted molar refractivity (Wildman–Crippen MR) is 84.1 cm³/mol. The van der Waals surface area contributed by atoms with Gasteiger partial charge in [-0.15, -0.1) is 0 Å². The smallest absolute Gasteiger partial charge is 0.224 e. The van der Waals surface area contributed by atoms with Crippen molar-refractivity contribution < 1.29 is 14.2 Å². The minimum absolute atomic E-state index is 0.123. The molecular weight excluding hydrogens is 297 g/mol. The minimum atomic E-state index is -0.514. The Morgan fingerprint density at radius 3 is 2.78 bits per heavy atom. The van der Waals surface area contributed by atoms with Gasteiger partial charge >= 0.3 is 0 Å². The van der Waals surface area contributed by atoms with E-state index in [1.807, 2.05) is 24.3 Å². The van der Waals surface area contributed by atoms with Crippen molar-refractivity contribution in [3.8, 4) is 22.9 Å². The number of aromatic nitrogens is 3. The van der Waals surface area contributed by atoms with Crippen LogP contribution < -0.4 is 4.74 Å². The van der Waals surface area contributed by atoms with Gasteiger partial charge < -0.3 is 9.84 Å². The summed E-state index contributed by atoms with van der Waals surface area (Å²) in [4.78, 5) is 8.62. The molecule has 0 radical (unpaired) electrons. The molecule has 0 spiro atoms. The molecule has 0 fully saturated rings. The van der Waals surface area contributed by atoms with Crippen LogP contribution >= 0.6 is 0 Å². The van der Waals surface area contributed by atoms with Crippen LogP contribution in [0.4, 0.5) is 4.39 Å². The lowest BCUT2D eigenvalue weighted by molar-refractivity contribution is 0.411. The van der Waals surface area contributed by atoms with E-state index in [2.05, 4.69) is 9.97 Å². The van der Waals surface area contributed by atoms with Crippen molar-refractivity contribution in [3.05, 3.63) is 54.5 Å². The summed E-state index contributed by atoms with van der Waals surface area (Å²) in [5.41, 5.74) is 2.25. The zero-order valence-corrected chi connectivity index (χ0v) is 12.2. The second kappa shape index (κ2) is 4.95. The number of benzene rings is 2. The predicted octanol–water partition coefficient (Wildman–Crippen LogP) is 3.40. The zero-order chi connectivity index (χ0) is 16.0. The molecule has 0 saturated carbocycles. The normalized spacial score (nSPS) is 11.2. The number of nitrogens with zero attached hydrogens (tertiary/aromatic N) is 3. The number of para-hydroxylation sites is 2. The molecule has 23 heavy (non-hydrogen) atoms. The maximum absolute atomic E-state index is 14.3. The summed E-state index contributed by atoms with van der Waals surface area (Å²) in [5, 5.41) is 10.6. The van der Waals surface area contributed by atoms with Crippen LogP contribution in [0, 0.1) is 5.82 Å².